The van der Waals surface area contributed by atoms with Gasteiger partial charge in [-0.1, -0.05) is 31.6 Å². The Balaban J connectivity index is 1.25. The van der Waals surface area contributed by atoms with Gasteiger partial charge in [-0.15, -0.1) is 22.7 Å². The highest BCUT2D eigenvalue weighted by molar-refractivity contribution is 7.15. The van der Waals surface area contributed by atoms with Crippen LogP contribution < -0.4 is 5.32 Å². The fourth-order valence-corrected chi connectivity index (χ4v) is 9.22. The first-order chi connectivity index (χ1) is 14.5. The monoisotopic (exact) mass is 440 g/mol. The zero-order valence-corrected chi connectivity index (χ0v) is 19.6. The molecule has 3 nitrogen and oxygen atoms in total. The second-order valence-electron chi connectivity index (χ2n) is 10.5. The van der Waals surface area contributed by atoms with E-state index in [4.69, 9.17) is 4.98 Å². The van der Waals surface area contributed by atoms with E-state index in [-0.39, 0.29) is 11.5 Å². The molecule has 6 rings (SSSR count). The average molecular weight is 441 g/mol. The maximum absolute atomic E-state index is 10.2. The molecule has 0 aromatic carbocycles. The number of thiazole rings is 1. The van der Waals surface area contributed by atoms with E-state index in [2.05, 4.69) is 42.8 Å². The van der Waals surface area contributed by atoms with Gasteiger partial charge in [0, 0.05) is 15.2 Å². The van der Waals surface area contributed by atoms with E-state index in [1.165, 1.54) is 47.6 Å². The highest BCUT2D eigenvalue weighted by Crippen LogP contribution is 2.64. The number of anilines is 1. The summed E-state index contributed by atoms with van der Waals surface area (Å²) in [6, 6.07) is 4.30. The lowest BCUT2D eigenvalue weighted by atomic mass is 9.48. The van der Waals surface area contributed by atoms with Crippen LogP contribution in [-0.2, 0) is 18.4 Å². The number of nitrogens with one attached hydrogen (secondary N) is 1. The summed E-state index contributed by atoms with van der Waals surface area (Å²) in [4.78, 5) is 8.06. The van der Waals surface area contributed by atoms with Crippen LogP contribution in [0.2, 0.25) is 0 Å². The highest BCUT2D eigenvalue weighted by atomic mass is 32.1. The van der Waals surface area contributed by atoms with Crippen LogP contribution in [0.1, 0.15) is 67.8 Å². The van der Waals surface area contributed by atoms with Crippen molar-refractivity contribution in [3.63, 3.8) is 0 Å². The van der Waals surface area contributed by atoms with Crippen molar-refractivity contribution in [1.29, 1.82) is 0 Å². The molecule has 2 aromatic heterocycles. The predicted molar refractivity (Wildman–Crippen MR) is 125 cm³/mol. The smallest absolute Gasteiger partial charge is 0.183 e. The third-order valence-corrected chi connectivity index (χ3v) is 11.0. The predicted octanol–water partition coefficient (Wildman–Crippen LogP) is 6.15. The molecule has 30 heavy (non-hydrogen) atoms. The number of aliphatic hydroxyl groups excluding tert-OH is 1. The van der Waals surface area contributed by atoms with Gasteiger partial charge in [-0.2, -0.15) is 0 Å². The number of hydrogen-bond acceptors (Lipinski definition) is 5. The van der Waals surface area contributed by atoms with Crippen LogP contribution in [0.3, 0.4) is 0 Å². The normalized spacial score (nSPS) is 39.5. The van der Waals surface area contributed by atoms with Crippen LogP contribution in [0, 0.1) is 23.2 Å². The minimum Gasteiger partial charge on any atom is -0.393 e. The summed E-state index contributed by atoms with van der Waals surface area (Å²) in [6.07, 6.45) is 10.5. The van der Waals surface area contributed by atoms with Crippen LogP contribution >= 0.6 is 22.7 Å². The number of nitrogens with zero attached hydrogens (tertiary/aromatic N) is 1. The molecule has 0 spiro atoms. The summed E-state index contributed by atoms with van der Waals surface area (Å²) >= 11 is 3.71. The van der Waals surface area contributed by atoms with Gasteiger partial charge >= 0.3 is 0 Å². The highest BCUT2D eigenvalue weighted by Gasteiger charge is 2.58. The zero-order valence-electron chi connectivity index (χ0n) is 18.0. The van der Waals surface area contributed by atoms with E-state index in [0.717, 1.165) is 42.3 Å². The number of hydrogen-bond donors (Lipinski definition) is 2. The number of aliphatic hydroxyl groups is 1. The Kier molecular flexibility index (Phi) is 4.50. The molecule has 4 aliphatic carbocycles. The summed E-state index contributed by atoms with van der Waals surface area (Å²) in [7, 11) is 0. The summed E-state index contributed by atoms with van der Waals surface area (Å²) < 4.78 is 0. The Labute approximate surface area is 187 Å². The lowest BCUT2D eigenvalue weighted by molar-refractivity contribution is -0.0169. The van der Waals surface area contributed by atoms with E-state index < -0.39 is 0 Å². The van der Waals surface area contributed by atoms with Gasteiger partial charge in [0.1, 0.15) is 0 Å². The van der Waals surface area contributed by atoms with Crippen LogP contribution in [0.5, 0.6) is 0 Å². The van der Waals surface area contributed by atoms with Crippen LogP contribution in [-0.4, -0.2) is 16.2 Å². The third kappa shape index (κ3) is 2.81. The van der Waals surface area contributed by atoms with E-state index in [9.17, 15) is 5.11 Å². The Bertz CT molecular complexity index is 979. The van der Waals surface area contributed by atoms with Crippen molar-refractivity contribution in [2.75, 3.05) is 5.32 Å². The standard InChI is InChI=1S/C25H32N2OS2/c1-24-9-7-16(28)12-15(24)5-6-18-19(24)8-10-25(2)20(18)13-21-22(25)27-23(30-21)26-14-17-4-3-11-29-17/h3-5,11,16,18-20,28H,6-10,12-14H2,1-2H3,(H,26,27)/t16-,18+,19-,20-,24-,25-/m0/s1. The first-order valence-corrected chi connectivity index (χ1v) is 13.3. The molecule has 0 bridgehead atoms. The molecule has 0 saturated heterocycles. The average Bonchev–Trinajstić information content (AvgIpc) is 3.43. The van der Waals surface area contributed by atoms with Gasteiger partial charge < -0.3 is 10.4 Å². The molecule has 2 fully saturated rings. The Hall–Kier alpha value is -1.17. The Morgan fingerprint density at radius 1 is 1.17 bits per heavy atom. The van der Waals surface area contributed by atoms with Crippen molar-refractivity contribution < 1.29 is 5.11 Å². The fourth-order valence-electron chi connectivity index (χ4n) is 7.42. The van der Waals surface area contributed by atoms with Crippen molar-refractivity contribution >= 4 is 27.8 Å². The summed E-state index contributed by atoms with van der Waals surface area (Å²) in [5.74, 6) is 2.29. The van der Waals surface area contributed by atoms with E-state index in [1.54, 1.807) is 16.9 Å². The van der Waals surface area contributed by atoms with Crippen molar-refractivity contribution in [2.24, 2.45) is 23.2 Å². The zero-order chi connectivity index (χ0) is 20.5. The molecule has 5 heteroatoms. The third-order valence-electron chi connectivity index (χ3n) is 9.11. The largest absolute Gasteiger partial charge is 0.393 e. The number of thiophene rings is 1. The molecule has 160 valence electrons. The van der Waals surface area contributed by atoms with E-state index in [1.807, 2.05) is 11.3 Å². The molecular weight excluding hydrogens is 408 g/mol. The maximum Gasteiger partial charge on any atom is 0.183 e. The first kappa shape index (κ1) is 19.5. The molecule has 0 amide bonds. The summed E-state index contributed by atoms with van der Waals surface area (Å²) in [5.41, 5.74) is 3.53. The number of aromatic nitrogens is 1. The molecule has 2 N–H and O–H groups in total. The van der Waals surface area contributed by atoms with Crippen LogP contribution in [0.25, 0.3) is 0 Å². The van der Waals surface area contributed by atoms with Gasteiger partial charge in [0.25, 0.3) is 0 Å². The number of allylic oxidation sites excluding steroid dienone is 1. The van der Waals surface area contributed by atoms with Gasteiger partial charge in [0.2, 0.25) is 0 Å². The first-order valence-electron chi connectivity index (χ1n) is 11.6. The molecule has 0 radical (unpaired) electrons. The van der Waals surface area contributed by atoms with Crippen molar-refractivity contribution in [3.8, 4) is 0 Å². The lowest BCUT2D eigenvalue weighted by Gasteiger charge is -2.57. The minimum absolute atomic E-state index is 0.113. The lowest BCUT2D eigenvalue weighted by Crippen LogP contribution is -2.51. The van der Waals surface area contributed by atoms with E-state index >= 15 is 0 Å². The van der Waals surface area contributed by atoms with E-state index in [0.29, 0.717) is 5.41 Å². The minimum atomic E-state index is -0.113. The molecule has 4 aliphatic rings. The number of fused-ring (bicyclic) bond motifs is 7. The molecule has 2 aromatic rings. The van der Waals surface area contributed by atoms with Crippen molar-refractivity contribution in [3.05, 3.63) is 44.6 Å². The van der Waals surface area contributed by atoms with Gasteiger partial charge in [-0.25, -0.2) is 4.98 Å². The molecular formula is C25H32N2OS2. The quantitative estimate of drug-likeness (QED) is 0.562. The fraction of sp³-hybridized carbons (Fsp3) is 0.640. The molecule has 6 atom stereocenters. The Morgan fingerprint density at radius 3 is 2.87 bits per heavy atom. The van der Waals surface area contributed by atoms with Gasteiger partial charge in [0.15, 0.2) is 5.13 Å². The van der Waals surface area contributed by atoms with Crippen LogP contribution in [0.4, 0.5) is 5.13 Å². The molecule has 0 aliphatic heterocycles. The second-order valence-corrected chi connectivity index (χ2v) is 12.7. The Morgan fingerprint density at radius 2 is 2.03 bits per heavy atom. The summed E-state index contributed by atoms with van der Waals surface area (Å²) in [6.45, 7) is 5.90. The van der Waals surface area contributed by atoms with Crippen LogP contribution in [0.15, 0.2) is 29.2 Å². The molecule has 2 heterocycles. The van der Waals surface area contributed by atoms with Crippen molar-refractivity contribution in [1.82, 2.24) is 4.98 Å². The van der Waals surface area contributed by atoms with Crippen molar-refractivity contribution in [2.45, 2.75) is 76.9 Å². The van der Waals surface area contributed by atoms with Gasteiger partial charge in [-0.05, 0) is 79.6 Å². The molecule has 2 saturated carbocycles. The van der Waals surface area contributed by atoms with Gasteiger partial charge in [-0.3, -0.25) is 0 Å². The molecule has 0 unspecified atom stereocenters. The maximum atomic E-state index is 10.2. The topological polar surface area (TPSA) is 45.2 Å². The second kappa shape index (κ2) is 6.91. The summed E-state index contributed by atoms with van der Waals surface area (Å²) in [5, 5.41) is 17.0. The SMILES string of the molecule is C[C@]12CC[C@H](O)CC1=CC[C@@H]1[C@@H]2CC[C@]2(C)c3nc(NCc4cccs4)sc3C[C@@H]12. The van der Waals surface area contributed by atoms with Gasteiger partial charge in [0.05, 0.1) is 18.3 Å². The number of rotatable bonds is 3.